The number of carbonyl (C=O) groups excluding carboxylic acids is 2. The Morgan fingerprint density at radius 2 is 1.71 bits per heavy atom. The van der Waals surface area contributed by atoms with Crippen LogP contribution in [0, 0.1) is 5.92 Å². The maximum Gasteiger partial charge on any atom is 0.254 e. The van der Waals surface area contributed by atoms with Crippen LogP contribution in [0.2, 0.25) is 0 Å². The lowest BCUT2D eigenvalue weighted by Gasteiger charge is -2.33. The van der Waals surface area contributed by atoms with E-state index in [9.17, 15) is 9.59 Å². The normalized spacial score (nSPS) is 17.2. The van der Waals surface area contributed by atoms with Gasteiger partial charge in [-0.25, -0.2) is 0 Å². The zero-order valence-corrected chi connectivity index (χ0v) is 18.0. The van der Waals surface area contributed by atoms with Crippen molar-refractivity contribution in [2.24, 2.45) is 5.92 Å². The van der Waals surface area contributed by atoms with E-state index >= 15 is 0 Å². The molecule has 0 radical (unpaired) electrons. The van der Waals surface area contributed by atoms with E-state index in [2.05, 4.69) is 5.32 Å². The molecule has 1 saturated heterocycles. The summed E-state index contributed by atoms with van der Waals surface area (Å²) in [5, 5.41) is 4.90. The van der Waals surface area contributed by atoms with Crippen molar-refractivity contribution in [3.63, 3.8) is 0 Å². The summed E-state index contributed by atoms with van der Waals surface area (Å²) in [5.74, 6) is 0.521. The van der Waals surface area contributed by atoms with Crippen LogP contribution in [0.5, 0.6) is 5.75 Å². The Morgan fingerprint density at radius 3 is 2.45 bits per heavy atom. The molecule has 0 aliphatic carbocycles. The molecule has 1 aliphatic heterocycles. The fourth-order valence-electron chi connectivity index (χ4n) is 4.34. The molecule has 3 aromatic rings. The zero-order chi connectivity index (χ0) is 21.8. The third kappa shape index (κ3) is 4.41. The van der Waals surface area contributed by atoms with Gasteiger partial charge in [-0.3, -0.25) is 9.59 Å². The number of nitrogens with one attached hydrogen (secondary N) is 1. The van der Waals surface area contributed by atoms with Gasteiger partial charge < -0.3 is 15.0 Å². The second kappa shape index (κ2) is 9.21. The number of rotatable bonds is 5. The van der Waals surface area contributed by atoms with E-state index in [1.165, 1.54) is 0 Å². The van der Waals surface area contributed by atoms with Crippen molar-refractivity contribution in [3.05, 3.63) is 77.9 Å². The number of ether oxygens (including phenoxy) is 1. The molecule has 1 fully saturated rings. The highest BCUT2D eigenvalue weighted by molar-refractivity contribution is 6.08. The van der Waals surface area contributed by atoms with Crippen LogP contribution in [0.25, 0.3) is 10.8 Å². The monoisotopic (exact) mass is 416 g/mol. The number of carbonyl (C=O) groups is 2. The smallest absolute Gasteiger partial charge is 0.254 e. The predicted octanol–water partition coefficient (Wildman–Crippen LogP) is 4.58. The van der Waals surface area contributed by atoms with Crippen LogP contribution < -0.4 is 10.1 Å². The molecule has 0 aromatic heterocycles. The van der Waals surface area contributed by atoms with Gasteiger partial charge in [-0.05, 0) is 42.8 Å². The molecular formula is C26H28N2O3. The number of nitrogens with zero attached hydrogens (tertiary/aromatic N) is 1. The lowest BCUT2D eigenvalue weighted by molar-refractivity contribution is -0.127. The minimum absolute atomic E-state index is 0.00782. The Hall–Kier alpha value is -3.34. The Morgan fingerprint density at radius 1 is 1.00 bits per heavy atom. The van der Waals surface area contributed by atoms with Gasteiger partial charge in [0.1, 0.15) is 5.75 Å². The molecular weight excluding hydrogens is 388 g/mol. The fraction of sp³-hybridized carbons (Fsp3) is 0.308. The first kappa shape index (κ1) is 20.9. The van der Waals surface area contributed by atoms with Crippen molar-refractivity contribution in [1.29, 1.82) is 0 Å². The van der Waals surface area contributed by atoms with Gasteiger partial charge in [0.15, 0.2) is 0 Å². The minimum atomic E-state index is -0.201. The van der Waals surface area contributed by atoms with E-state index in [-0.39, 0.29) is 23.8 Å². The first-order valence-electron chi connectivity index (χ1n) is 10.8. The summed E-state index contributed by atoms with van der Waals surface area (Å²) in [4.78, 5) is 28.1. The van der Waals surface area contributed by atoms with E-state index in [4.69, 9.17) is 4.74 Å². The molecule has 160 valence electrons. The first-order valence-corrected chi connectivity index (χ1v) is 10.8. The second-order valence-electron chi connectivity index (χ2n) is 8.09. The maximum atomic E-state index is 13.4. The summed E-state index contributed by atoms with van der Waals surface area (Å²) in [7, 11) is 1.63. The molecule has 4 rings (SSSR count). The number of fused-ring (bicyclic) bond motifs is 1. The Kier molecular flexibility index (Phi) is 6.21. The average Bonchev–Trinajstić information content (AvgIpc) is 2.83. The lowest BCUT2D eigenvalue weighted by Crippen LogP contribution is -2.45. The van der Waals surface area contributed by atoms with E-state index in [0.29, 0.717) is 18.7 Å². The van der Waals surface area contributed by atoms with Crippen molar-refractivity contribution >= 4 is 22.6 Å². The van der Waals surface area contributed by atoms with Crippen molar-refractivity contribution < 1.29 is 14.3 Å². The van der Waals surface area contributed by atoms with Crippen LogP contribution in [0.1, 0.15) is 41.7 Å². The summed E-state index contributed by atoms with van der Waals surface area (Å²) >= 11 is 0. The molecule has 1 aliphatic rings. The lowest BCUT2D eigenvalue weighted by atomic mass is 9.95. The quantitative estimate of drug-likeness (QED) is 0.662. The van der Waals surface area contributed by atoms with Crippen LogP contribution in [-0.2, 0) is 4.79 Å². The van der Waals surface area contributed by atoms with Crippen LogP contribution in [0.4, 0.5) is 0 Å². The Labute approximate surface area is 183 Å². The largest absolute Gasteiger partial charge is 0.496 e. The van der Waals surface area contributed by atoms with E-state index in [1.807, 2.05) is 78.6 Å². The molecule has 5 heteroatoms. The van der Waals surface area contributed by atoms with Gasteiger partial charge in [-0.2, -0.15) is 0 Å². The number of hydrogen-bond donors (Lipinski definition) is 1. The molecule has 1 heterocycles. The summed E-state index contributed by atoms with van der Waals surface area (Å²) in [6.45, 7) is 3.09. The molecule has 0 saturated carbocycles. The van der Waals surface area contributed by atoms with Crippen molar-refractivity contribution in [2.45, 2.75) is 25.8 Å². The summed E-state index contributed by atoms with van der Waals surface area (Å²) in [5.41, 5.74) is 1.72. The van der Waals surface area contributed by atoms with Gasteiger partial charge in [0.2, 0.25) is 5.91 Å². The average molecular weight is 417 g/mol. The van der Waals surface area contributed by atoms with Crippen molar-refractivity contribution in [3.8, 4) is 5.75 Å². The van der Waals surface area contributed by atoms with Crippen LogP contribution in [-0.4, -0.2) is 36.9 Å². The van der Waals surface area contributed by atoms with Gasteiger partial charge in [-0.15, -0.1) is 0 Å². The Bertz CT molecular complexity index is 1080. The van der Waals surface area contributed by atoms with Crippen molar-refractivity contribution in [1.82, 2.24) is 10.2 Å². The fourth-order valence-corrected chi connectivity index (χ4v) is 4.34. The molecule has 1 N–H and O–H groups in total. The molecule has 2 amide bonds. The zero-order valence-electron chi connectivity index (χ0n) is 18.0. The molecule has 0 bridgehead atoms. The number of hydrogen-bond acceptors (Lipinski definition) is 3. The molecule has 0 unspecified atom stereocenters. The van der Waals surface area contributed by atoms with Gasteiger partial charge in [-0.1, -0.05) is 54.6 Å². The standard InChI is InChI=1S/C26H28N2O3/c1-18(19-9-4-3-5-10-19)27-25(29)20-11-8-16-28(17-20)26(30)23-14-15-24(31-2)22-13-7-6-12-21(22)23/h3-7,9-10,12-15,18,20H,8,11,16-17H2,1-2H3,(H,27,29)/t18-,20-/m0/s1. The predicted molar refractivity (Wildman–Crippen MR) is 122 cm³/mol. The summed E-state index contributed by atoms with van der Waals surface area (Å²) in [6, 6.07) is 21.3. The van der Waals surface area contributed by atoms with Crippen LogP contribution in [0.15, 0.2) is 66.7 Å². The molecule has 2 atom stereocenters. The topological polar surface area (TPSA) is 58.6 Å². The third-order valence-electron chi connectivity index (χ3n) is 6.07. The minimum Gasteiger partial charge on any atom is -0.496 e. The summed E-state index contributed by atoms with van der Waals surface area (Å²) < 4.78 is 5.45. The van der Waals surface area contributed by atoms with Crippen molar-refractivity contribution in [2.75, 3.05) is 20.2 Å². The number of piperidine rings is 1. The SMILES string of the molecule is COc1ccc(C(=O)N2CCC[C@H](C(=O)N[C@@H](C)c3ccccc3)C2)c2ccccc12. The van der Waals surface area contributed by atoms with Crippen LogP contribution >= 0.6 is 0 Å². The Balaban J connectivity index is 1.49. The summed E-state index contributed by atoms with van der Waals surface area (Å²) in [6.07, 6.45) is 1.61. The van der Waals surface area contributed by atoms with Gasteiger partial charge in [0.05, 0.1) is 19.1 Å². The second-order valence-corrected chi connectivity index (χ2v) is 8.09. The van der Waals surface area contributed by atoms with Gasteiger partial charge >= 0.3 is 0 Å². The van der Waals surface area contributed by atoms with Gasteiger partial charge in [0.25, 0.3) is 5.91 Å². The highest BCUT2D eigenvalue weighted by Crippen LogP contribution is 2.30. The highest BCUT2D eigenvalue weighted by atomic mass is 16.5. The molecule has 0 spiro atoms. The van der Waals surface area contributed by atoms with E-state index in [0.717, 1.165) is 34.9 Å². The number of amides is 2. The number of benzene rings is 3. The third-order valence-corrected chi connectivity index (χ3v) is 6.07. The molecule has 3 aromatic carbocycles. The molecule has 31 heavy (non-hydrogen) atoms. The highest BCUT2D eigenvalue weighted by Gasteiger charge is 2.30. The number of methoxy groups -OCH3 is 1. The van der Waals surface area contributed by atoms with Gasteiger partial charge in [0, 0.05) is 24.0 Å². The van der Waals surface area contributed by atoms with Crippen LogP contribution in [0.3, 0.4) is 0 Å². The maximum absolute atomic E-state index is 13.4. The first-order chi connectivity index (χ1) is 15.1. The van der Waals surface area contributed by atoms with E-state index < -0.39 is 0 Å². The molecule has 5 nitrogen and oxygen atoms in total. The number of likely N-dealkylation sites (tertiary alicyclic amines) is 1. The van der Waals surface area contributed by atoms with E-state index in [1.54, 1.807) is 7.11 Å².